The Morgan fingerprint density at radius 2 is 2.19 bits per heavy atom. The maximum Gasteiger partial charge on any atom is 0.133 e. The van der Waals surface area contributed by atoms with Gasteiger partial charge in [0.2, 0.25) is 0 Å². The fourth-order valence-corrected chi connectivity index (χ4v) is 2.95. The van der Waals surface area contributed by atoms with Crippen molar-refractivity contribution in [1.82, 2.24) is 9.97 Å². The minimum atomic E-state index is 0.832. The molecule has 0 radical (unpaired) electrons. The molecular formula is C11H16BrN3S. The first-order chi connectivity index (χ1) is 7.83. The Hall–Kier alpha value is -0.290. The molecule has 1 fully saturated rings. The van der Waals surface area contributed by atoms with Crippen molar-refractivity contribution in [1.29, 1.82) is 0 Å². The summed E-state index contributed by atoms with van der Waals surface area (Å²) in [4.78, 5) is 10.9. The number of thioether (sulfide) groups is 1. The van der Waals surface area contributed by atoms with E-state index in [0.29, 0.717) is 0 Å². The van der Waals surface area contributed by atoms with E-state index in [-0.39, 0.29) is 0 Å². The van der Waals surface area contributed by atoms with Crippen molar-refractivity contribution in [2.24, 2.45) is 5.92 Å². The van der Waals surface area contributed by atoms with E-state index in [9.17, 15) is 0 Å². The molecular weight excluding hydrogens is 286 g/mol. The molecule has 0 aliphatic carbocycles. The Morgan fingerprint density at radius 1 is 1.44 bits per heavy atom. The van der Waals surface area contributed by atoms with E-state index in [1.54, 1.807) is 18.1 Å². The lowest BCUT2D eigenvalue weighted by Crippen LogP contribution is -2.34. The minimum Gasteiger partial charge on any atom is -0.356 e. The average molecular weight is 302 g/mol. The molecule has 0 amide bonds. The van der Waals surface area contributed by atoms with Crippen LogP contribution in [0.2, 0.25) is 0 Å². The first-order valence-corrected chi connectivity index (χ1v) is 7.85. The predicted octanol–water partition coefficient (Wildman–Crippen LogP) is 2.81. The average Bonchev–Trinajstić information content (AvgIpc) is 2.39. The summed E-state index contributed by atoms with van der Waals surface area (Å²) in [6.45, 7) is 2.22. The molecule has 0 spiro atoms. The van der Waals surface area contributed by atoms with Crippen LogP contribution in [0.3, 0.4) is 0 Å². The third-order valence-corrected chi connectivity index (χ3v) is 4.55. The molecule has 1 aliphatic heterocycles. The van der Waals surface area contributed by atoms with Crippen LogP contribution >= 0.6 is 27.7 Å². The van der Waals surface area contributed by atoms with E-state index < -0.39 is 0 Å². The molecule has 1 aromatic rings. The largest absolute Gasteiger partial charge is 0.356 e. The Balaban J connectivity index is 2.02. The van der Waals surface area contributed by atoms with Gasteiger partial charge in [0.25, 0.3) is 0 Å². The second kappa shape index (κ2) is 5.87. The molecule has 3 nitrogen and oxygen atoms in total. The quantitative estimate of drug-likeness (QED) is 0.488. The van der Waals surface area contributed by atoms with Gasteiger partial charge >= 0.3 is 0 Å². The normalized spacial score (nSPS) is 17.8. The van der Waals surface area contributed by atoms with E-state index in [0.717, 1.165) is 35.2 Å². The second-order valence-electron chi connectivity index (χ2n) is 4.00. The Labute approximate surface area is 109 Å². The van der Waals surface area contributed by atoms with Crippen molar-refractivity contribution in [3.8, 4) is 0 Å². The SMILES string of the molecule is CSc1cc(N2CCC(CBr)CC2)ncn1. The van der Waals surface area contributed by atoms with Crippen molar-refractivity contribution in [2.75, 3.05) is 29.6 Å². The van der Waals surface area contributed by atoms with Gasteiger partial charge in [-0.1, -0.05) is 15.9 Å². The zero-order chi connectivity index (χ0) is 11.4. The van der Waals surface area contributed by atoms with E-state index in [1.165, 1.54) is 12.8 Å². The molecule has 16 heavy (non-hydrogen) atoms. The molecule has 1 aliphatic rings. The number of nitrogens with zero attached hydrogens (tertiary/aromatic N) is 3. The van der Waals surface area contributed by atoms with Gasteiger partial charge in [-0.15, -0.1) is 11.8 Å². The summed E-state index contributed by atoms with van der Waals surface area (Å²) in [5, 5.41) is 2.17. The van der Waals surface area contributed by atoms with Crippen LogP contribution in [-0.4, -0.2) is 34.6 Å². The Morgan fingerprint density at radius 3 is 2.81 bits per heavy atom. The van der Waals surface area contributed by atoms with Crippen LogP contribution in [0.5, 0.6) is 0 Å². The van der Waals surface area contributed by atoms with Crippen LogP contribution in [0.4, 0.5) is 5.82 Å². The summed E-state index contributed by atoms with van der Waals surface area (Å²) >= 11 is 5.23. The van der Waals surface area contributed by atoms with Gasteiger partial charge in [-0.2, -0.15) is 0 Å². The van der Waals surface area contributed by atoms with E-state index in [4.69, 9.17) is 0 Å². The van der Waals surface area contributed by atoms with E-state index in [2.05, 4.69) is 36.9 Å². The predicted molar refractivity (Wildman–Crippen MR) is 72.5 cm³/mol. The molecule has 1 saturated heterocycles. The minimum absolute atomic E-state index is 0.832. The van der Waals surface area contributed by atoms with E-state index >= 15 is 0 Å². The Kier molecular flexibility index (Phi) is 4.46. The second-order valence-corrected chi connectivity index (χ2v) is 5.48. The highest BCUT2D eigenvalue weighted by Gasteiger charge is 2.19. The zero-order valence-corrected chi connectivity index (χ0v) is 11.8. The third-order valence-electron chi connectivity index (χ3n) is 2.99. The van der Waals surface area contributed by atoms with Gasteiger partial charge in [-0.3, -0.25) is 0 Å². The van der Waals surface area contributed by atoms with Crippen molar-refractivity contribution < 1.29 is 0 Å². The fourth-order valence-electron chi connectivity index (χ4n) is 1.93. The van der Waals surface area contributed by atoms with Gasteiger partial charge in [0, 0.05) is 24.5 Å². The fraction of sp³-hybridized carbons (Fsp3) is 0.636. The molecule has 88 valence electrons. The van der Waals surface area contributed by atoms with Crippen LogP contribution in [0.1, 0.15) is 12.8 Å². The molecule has 2 rings (SSSR count). The van der Waals surface area contributed by atoms with Crippen LogP contribution in [0.15, 0.2) is 17.4 Å². The zero-order valence-electron chi connectivity index (χ0n) is 9.40. The number of hydrogen-bond donors (Lipinski definition) is 0. The van der Waals surface area contributed by atoms with Gasteiger partial charge in [0.15, 0.2) is 0 Å². The third kappa shape index (κ3) is 2.88. The van der Waals surface area contributed by atoms with Crippen LogP contribution < -0.4 is 4.90 Å². The van der Waals surface area contributed by atoms with Gasteiger partial charge in [-0.05, 0) is 25.0 Å². The van der Waals surface area contributed by atoms with Gasteiger partial charge in [0.1, 0.15) is 17.2 Å². The lowest BCUT2D eigenvalue weighted by Gasteiger charge is -2.32. The number of hydrogen-bond acceptors (Lipinski definition) is 4. The maximum atomic E-state index is 4.35. The molecule has 0 aromatic carbocycles. The lowest BCUT2D eigenvalue weighted by molar-refractivity contribution is 0.445. The molecule has 0 saturated carbocycles. The molecule has 5 heteroatoms. The van der Waals surface area contributed by atoms with Crippen LogP contribution in [0.25, 0.3) is 0 Å². The number of halogens is 1. The molecule has 0 bridgehead atoms. The van der Waals surface area contributed by atoms with Gasteiger partial charge in [0.05, 0.1) is 0 Å². The summed E-state index contributed by atoms with van der Waals surface area (Å²) in [5.41, 5.74) is 0. The van der Waals surface area contributed by atoms with Gasteiger partial charge in [-0.25, -0.2) is 9.97 Å². The van der Waals surface area contributed by atoms with Crippen molar-refractivity contribution in [2.45, 2.75) is 17.9 Å². The highest BCUT2D eigenvalue weighted by molar-refractivity contribution is 9.09. The van der Waals surface area contributed by atoms with Crippen molar-refractivity contribution in [3.63, 3.8) is 0 Å². The van der Waals surface area contributed by atoms with Crippen LogP contribution in [0, 0.1) is 5.92 Å². The summed E-state index contributed by atoms with van der Waals surface area (Å²) in [7, 11) is 0. The molecule has 2 heterocycles. The number of aromatic nitrogens is 2. The van der Waals surface area contributed by atoms with Crippen LogP contribution in [-0.2, 0) is 0 Å². The van der Waals surface area contributed by atoms with Crippen molar-refractivity contribution >= 4 is 33.5 Å². The number of anilines is 1. The summed E-state index contributed by atoms with van der Waals surface area (Å²) < 4.78 is 0. The molecule has 1 aromatic heterocycles. The number of rotatable bonds is 3. The van der Waals surface area contributed by atoms with Crippen molar-refractivity contribution in [3.05, 3.63) is 12.4 Å². The summed E-state index contributed by atoms with van der Waals surface area (Å²) in [5.74, 6) is 1.91. The van der Waals surface area contributed by atoms with Gasteiger partial charge < -0.3 is 4.90 Å². The molecule has 0 N–H and O–H groups in total. The van der Waals surface area contributed by atoms with E-state index in [1.807, 2.05) is 6.26 Å². The molecule has 0 unspecified atom stereocenters. The number of alkyl halides is 1. The first-order valence-electron chi connectivity index (χ1n) is 5.50. The molecule has 0 atom stereocenters. The smallest absolute Gasteiger partial charge is 0.133 e. The monoisotopic (exact) mass is 301 g/mol. The standard InChI is InChI=1S/C11H16BrN3S/c1-16-11-6-10(13-8-14-11)15-4-2-9(7-12)3-5-15/h6,8-9H,2-5,7H2,1H3. The summed E-state index contributed by atoms with van der Waals surface area (Å²) in [6.07, 6.45) is 6.22. The summed E-state index contributed by atoms with van der Waals surface area (Å²) in [6, 6.07) is 2.08. The maximum absolute atomic E-state index is 4.35. The first kappa shape index (κ1) is 12.2. The number of piperidine rings is 1. The highest BCUT2D eigenvalue weighted by Crippen LogP contribution is 2.24. The topological polar surface area (TPSA) is 29.0 Å². The Bertz CT molecular complexity index is 340. The lowest BCUT2D eigenvalue weighted by atomic mass is 9.99. The highest BCUT2D eigenvalue weighted by atomic mass is 79.9.